The number of rotatable bonds is 11. The van der Waals surface area contributed by atoms with Gasteiger partial charge < -0.3 is 14.8 Å². The van der Waals surface area contributed by atoms with Gasteiger partial charge in [-0.2, -0.15) is 11.8 Å². The second kappa shape index (κ2) is 11.3. The number of thioether (sulfide) groups is 1. The summed E-state index contributed by atoms with van der Waals surface area (Å²) < 4.78 is 36.1. The SMILES string of the molecule is COc1ccc(OC)c(N(CC(=O)NCCSCc2ccc(Cl)cc2)S(C)(=O)=O)c1. The van der Waals surface area contributed by atoms with E-state index in [1.807, 2.05) is 24.3 Å². The van der Waals surface area contributed by atoms with Crippen molar-refractivity contribution in [3.63, 3.8) is 0 Å². The summed E-state index contributed by atoms with van der Waals surface area (Å²) in [5, 5.41) is 3.45. The average molecular weight is 473 g/mol. The molecular formula is C20H25ClN2O5S2. The van der Waals surface area contributed by atoms with Gasteiger partial charge in [-0.3, -0.25) is 9.10 Å². The molecule has 0 spiro atoms. The van der Waals surface area contributed by atoms with Crippen molar-refractivity contribution in [3.05, 3.63) is 53.1 Å². The molecule has 164 valence electrons. The van der Waals surface area contributed by atoms with Gasteiger partial charge >= 0.3 is 0 Å². The van der Waals surface area contributed by atoms with Gasteiger partial charge in [0.2, 0.25) is 15.9 Å². The first kappa shape index (κ1) is 24.2. The molecule has 2 rings (SSSR count). The van der Waals surface area contributed by atoms with Gasteiger partial charge in [0.25, 0.3) is 0 Å². The first-order chi connectivity index (χ1) is 14.2. The number of benzene rings is 2. The van der Waals surface area contributed by atoms with Crippen molar-refractivity contribution in [1.82, 2.24) is 5.32 Å². The molecule has 0 saturated carbocycles. The molecule has 0 radical (unpaired) electrons. The highest BCUT2D eigenvalue weighted by Gasteiger charge is 2.24. The van der Waals surface area contributed by atoms with Crippen LogP contribution in [0, 0.1) is 0 Å². The first-order valence-corrected chi connectivity index (χ1v) is 12.4. The molecule has 0 fully saturated rings. The van der Waals surface area contributed by atoms with Crippen molar-refractivity contribution in [1.29, 1.82) is 0 Å². The standard InChI is InChI=1S/C20H25ClN2O5S2/c1-27-17-8-9-19(28-2)18(12-17)23(30(3,25)26)13-20(24)22-10-11-29-14-15-4-6-16(21)7-5-15/h4-9,12H,10-11,13-14H2,1-3H3,(H,22,24). The maximum absolute atomic E-state index is 12.4. The molecule has 0 unspecified atom stereocenters. The van der Waals surface area contributed by atoms with Crippen molar-refractivity contribution in [2.75, 3.05) is 43.6 Å². The van der Waals surface area contributed by atoms with Crippen LogP contribution in [-0.2, 0) is 20.6 Å². The molecule has 1 amide bonds. The van der Waals surface area contributed by atoms with Crippen LogP contribution in [0.25, 0.3) is 0 Å². The largest absolute Gasteiger partial charge is 0.497 e. The zero-order valence-corrected chi connectivity index (χ0v) is 19.4. The van der Waals surface area contributed by atoms with Gasteiger partial charge in [-0.1, -0.05) is 23.7 Å². The Morgan fingerprint density at radius 3 is 2.43 bits per heavy atom. The molecule has 10 heteroatoms. The lowest BCUT2D eigenvalue weighted by atomic mass is 10.2. The Bertz CT molecular complexity index is 952. The molecule has 0 aliphatic rings. The minimum absolute atomic E-state index is 0.242. The fourth-order valence-electron chi connectivity index (χ4n) is 2.59. The molecule has 0 aliphatic heterocycles. The van der Waals surface area contributed by atoms with Gasteiger partial charge in [0.1, 0.15) is 18.0 Å². The van der Waals surface area contributed by atoms with E-state index in [1.165, 1.54) is 20.3 Å². The van der Waals surface area contributed by atoms with Crippen LogP contribution < -0.4 is 19.1 Å². The fraction of sp³-hybridized carbons (Fsp3) is 0.350. The molecule has 1 N–H and O–H groups in total. The molecule has 0 aromatic heterocycles. The van der Waals surface area contributed by atoms with Gasteiger partial charge in [0.15, 0.2) is 0 Å². The molecule has 0 aliphatic carbocycles. The van der Waals surface area contributed by atoms with Crippen LogP contribution in [-0.4, -0.2) is 53.6 Å². The topological polar surface area (TPSA) is 84.9 Å². The van der Waals surface area contributed by atoms with Crippen molar-refractivity contribution in [2.24, 2.45) is 0 Å². The number of ether oxygens (including phenoxy) is 2. The normalized spacial score (nSPS) is 11.1. The number of amides is 1. The van der Waals surface area contributed by atoms with E-state index in [2.05, 4.69) is 5.32 Å². The van der Waals surface area contributed by atoms with Crippen molar-refractivity contribution >= 4 is 45.0 Å². The molecule has 0 saturated heterocycles. The first-order valence-electron chi connectivity index (χ1n) is 9.03. The van der Waals surface area contributed by atoms with E-state index in [1.54, 1.807) is 23.9 Å². The maximum Gasteiger partial charge on any atom is 0.240 e. The zero-order chi connectivity index (χ0) is 22.1. The number of sulfonamides is 1. The summed E-state index contributed by atoms with van der Waals surface area (Å²) in [5.74, 6) is 1.86. The second-order valence-corrected chi connectivity index (χ2v) is 9.78. The van der Waals surface area contributed by atoms with Crippen LogP contribution >= 0.6 is 23.4 Å². The van der Waals surface area contributed by atoms with Crippen molar-refractivity contribution in [3.8, 4) is 11.5 Å². The summed E-state index contributed by atoms with van der Waals surface area (Å²) in [5.41, 5.74) is 1.38. The van der Waals surface area contributed by atoms with E-state index in [4.69, 9.17) is 21.1 Å². The van der Waals surface area contributed by atoms with E-state index in [0.717, 1.165) is 21.9 Å². The Kier molecular flexibility index (Phi) is 9.13. The van der Waals surface area contributed by atoms with Crippen LogP contribution in [0.5, 0.6) is 11.5 Å². The Labute approximate surface area is 186 Å². The van der Waals surface area contributed by atoms with Crippen LogP contribution in [0.2, 0.25) is 5.02 Å². The molecule has 7 nitrogen and oxygen atoms in total. The lowest BCUT2D eigenvalue weighted by Gasteiger charge is -2.24. The van der Waals surface area contributed by atoms with E-state index in [9.17, 15) is 13.2 Å². The molecule has 2 aromatic rings. The highest BCUT2D eigenvalue weighted by atomic mass is 35.5. The maximum atomic E-state index is 12.4. The fourth-order valence-corrected chi connectivity index (χ4v) is 4.39. The number of anilines is 1. The highest BCUT2D eigenvalue weighted by Crippen LogP contribution is 2.33. The number of hydrogen-bond donors (Lipinski definition) is 1. The van der Waals surface area contributed by atoms with Gasteiger partial charge in [-0.15, -0.1) is 0 Å². The van der Waals surface area contributed by atoms with Gasteiger partial charge in [-0.25, -0.2) is 8.42 Å². The molecule has 2 aromatic carbocycles. The number of nitrogens with zero attached hydrogens (tertiary/aromatic N) is 1. The molecule has 30 heavy (non-hydrogen) atoms. The molecular weight excluding hydrogens is 448 g/mol. The third kappa shape index (κ3) is 7.30. The summed E-state index contributed by atoms with van der Waals surface area (Å²) in [4.78, 5) is 12.4. The zero-order valence-electron chi connectivity index (χ0n) is 17.1. The lowest BCUT2D eigenvalue weighted by Crippen LogP contribution is -2.41. The minimum Gasteiger partial charge on any atom is -0.497 e. The quantitative estimate of drug-likeness (QED) is 0.505. The number of hydrogen-bond acceptors (Lipinski definition) is 6. The lowest BCUT2D eigenvalue weighted by molar-refractivity contribution is -0.119. The van der Waals surface area contributed by atoms with Gasteiger partial charge in [-0.05, 0) is 29.8 Å². The minimum atomic E-state index is -3.72. The molecule has 0 heterocycles. The second-order valence-electron chi connectivity index (χ2n) is 6.34. The number of halogens is 1. The Balaban J connectivity index is 1.94. The smallest absolute Gasteiger partial charge is 0.240 e. The third-order valence-corrected chi connectivity index (χ3v) is 6.50. The van der Waals surface area contributed by atoms with Gasteiger partial charge in [0, 0.05) is 29.1 Å². The molecule has 0 atom stereocenters. The van der Waals surface area contributed by atoms with Crippen molar-refractivity contribution in [2.45, 2.75) is 5.75 Å². The summed E-state index contributed by atoms with van der Waals surface area (Å²) in [6.07, 6.45) is 1.04. The molecule has 0 bridgehead atoms. The number of methoxy groups -OCH3 is 2. The number of carbonyl (C=O) groups excluding carboxylic acids is 1. The summed E-state index contributed by atoms with van der Waals surface area (Å²) in [6, 6.07) is 12.4. The average Bonchev–Trinajstić information content (AvgIpc) is 2.71. The number of nitrogens with one attached hydrogen (secondary N) is 1. The Morgan fingerprint density at radius 2 is 1.83 bits per heavy atom. The predicted molar refractivity (Wildman–Crippen MR) is 122 cm³/mol. The summed E-state index contributed by atoms with van der Waals surface area (Å²) in [6.45, 7) is 0.0636. The van der Waals surface area contributed by atoms with Crippen molar-refractivity contribution < 1.29 is 22.7 Å². The van der Waals surface area contributed by atoms with Crippen LogP contribution in [0.1, 0.15) is 5.56 Å². The Hall–Kier alpha value is -2.10. The van der Waals surface area contributed by atoms with Crippen LogP contribution in [0.4, 0.5) is 5.69 Å². The van der Waals surface area contributed by atoms with Crippen LogP contribution in [0.15, 0.2) is 42.5 Å². The summed E-state index contributed by atoms with van der Waals surface area (Å²) in [7, 11) is -0.813. The monoisotopic (exact) mass is 472 g/mol. The third-order valence-electron chi connectivity index (χ3n) is 4.09. The van der Waals surface area contributed by atoms with E-state index >= 15 is 0 Å². The summed E-state index contributed by atoms with van der Waals surface area (Å²) >= 11 is 7.53. The van der Waals surface area contributed by atoms with E-state index in [-0.39, 0.29) is 12.2 Å². The highest BCUT2D eigenvalue weighted by molar-refractivity contribution is 7.98. The van der Waals surface area contributed by atoms with E-state index < -0.39 is 15.9 Å². The van der Waals surface area contributed by atoms with E-state index in [0.29, 0.717) is 28.8 Å². The Morgan fingerprint density at radius 1 is 1.13 bits per heavy atom. The van der Waals surface area contributed by atoms with Crippen LogP contribution in [0.3, 0.4) is 0 Å². The van der Waals surface area contributed by atoms with Gasteiger partial charge in [0.05, 0.1) is 26.2 Å². The number of carbonyl (C=O) groups is 1. The predicted octanol–water partition coefficient (Wildman–Crippen LogP) is 3.17.